The monoisotopic (exact) mass is 273 g/mol. The standard InChI is InChI=1S/C16H19NO3/c1-12-5-3-6-13(11-12)20-10-8-14(18)16-15(19-2)7-4-9-17-16/h3-7,9,11,14,18H,8,10H2,1-2H3. The maximum Gasteiger partial charge on any atom is 0.143 e. The number of methoxy groups -OCH3 is 1. The summed E-state index contributed by atoms with van der Waals surface area (Å²) in [6.07, 6.45) is 1.40. The summed E-state index contributed by atoms with van der Waals surface area (Å²) in [5.74, 6) is 1.40. The van der Waals surface area contributed by atoms with E-state index in [1.165, 1.54) is 0 Å². The van der Waals surface area contributed by atoms with Crippen LogP contribution in [0.4, 0.5) is 0 Å². The molecular formula is C16H19NO3. The maximum atomic E-state index is 10.1. The maximum absolute atomic E-state index is 10.1. The highest BCUT2D eigenvalue weighted by Crippen LogP contribution is 2.24. The zero-order valence-corrected chi connectivity index (χ0v) is 11.7. The summed E-state index contributed by atoms with van der Waals surface area (Å²) < 4.78 is 10.8. The highest BCUT2D eigenvalue weighted by atomic mass is 16.5. The van der Waals surface area contributed by atoms with Crippen LogP contribution in [-0.4, -0.2) is 23.8 Å². The summed E-state index contributed by atoms with van der Waals surface area (Å²) >= 11 is 0. The number of aryl methyl sites for hydroxylation is 1. The van der Waals surface area contributed by atoms with Gasteiger partial charge in [0.25, 0.3) is 0 Å². The summed E-state index contributed by atoms with van der Waals surface area (Å²) in [7, 11) is 1.57. The molecule has 0 bridgehead atoms. The van der Waals surface area contributed by atoms with E-state index in [4.69, 9.17) is 9.47 Å². The Hall–Kier alpha value is -2.07. The third-order valence-electron chi connectivity index (χ3n) is 2.98. The zero-order chi connectivity index (χ0) is 14.4. The fourth-order valence-corrected chi connectivity index (χ4v) is 1.96. The number of aliphatic hydroxyl groups excluding tert-OH is 1. The van der Waals surface area contributed by atoms with Crippen LogP contribution in [0.2, 0.25) is 0 Å². The second kappa shape index (κ2) is 6.91. The molecule has 0 fully saturated rings. The SMILES string of the molecule is COc1cccnc1C(O)CCOc1cccc(C)c1. The van der Waals surface area contributed by atoms with Crippen molar-refractivity contribution in [2.45, 2.75) is 19.4 Å². The van der Waals surface area contributed by atoms with E-state index < -0.39 is 6.10 Å². The van der Waals surface area contributed by atoms with Crippen molar-refractivity contribution in [1.82, 2.24) is 4.98 Å². The number of aliphatic hydroxyl groups is 1. The van der Waals surface area contributed by atoms with Crippen LogP contribution in [0.25, 0.3) is 0 Å². The van der Waals surface area contributed by atoms with Gasteiger partial charge in [-0.3, -0.25) is 4.98 Å². The summed E-state index contributed by atoms with van der Waals surface area (Å²) in [5, 5.41) is 10.1. The van der Waals surface area contributed by atoms with Crippen molar-refractivity contribution in [3.05, 3.63) is 53.9 Å². The first-order valence-electron chi connectivity index (χ1n) is 6.57. The van der Waals surface area contributed by atoms with Gasteiger partial charge < -0.3 is 14.6 Å². The van der Waals surface area contributed by atoms with E-state index in [0.29, 0.717) is 24.5 Å². The third kappa shape index (κ3) is 3.71. The Labute approximate surface area is 119 Å². The number of benzene rings is 1. The number of nitrogens with zero attached hydrogens (tertiary/aromatic N) is 1. The molecule has 106 valence electrons. The van der Waals surface area contributed by atoms with Crippen molar-refractivity contribution >= 4 is 0 Å². The van der Waals surface area contributed by atoms with Crippen LogP contribution in [0.5, 0.6) is 11.5 Å². The van der Waals surface area contributed by atoms with Gasteiger partial charge >= 0.3 is 0 Å². The van der Waals surface area contributed by atoms with Crippen molar-refractivity contribution in [1.29, 1.82) is 0 Å². The normalized spacial score (nSPS) is 11.9. The lowest BCUT2D eigenvalue weighted by Crippen LogP contribution is -2.08. The molecular weight excluding hydrogens is 254 g/mol. The average molecular weight is 273 g/mol. The largest absolute Gasteiger partial charge is 0.495 e. The van der Waals surface area contributed by atoms with Crippen LogP contribution >= 0.6 is 0 Å². The average Bonchev–Trinajstić information content (AvgIpc) is 2.47. The van der Waals surface area contributed by atoms with Crippen molar-refractivity contribution in [2.75, 3.05) is 13.7 Å². The summed E-state index contributed by atoms with van der Waals surface area (Å²) in [6, 6.07) is 11.4. The zero-order valence-electron chi connectivity index (χ0n) is 11.7. The molecule has 0 aliphatic heterocycles. The van der Waals surface area contributed by atoms with Crippen molar-refractivity contribution in [3.8, 4) is 11.5 Å². The van der Waals surface area contributed by atoms with Gasteiger partial charge in [0.1, 0.15) is 23.3 Å². The molecule has 4 heteroatoms. The van der Waals surface area contributed by atoms with E-state index in [2.05, 4.69) is 4.98 Å². The summed E-state index contributed by atoms with van der Waals surface area (Å²) in [5.41, 5.74) is 1.69. The van der Waals surface area contributed by atoms with E-state index in [1.54, 1.807) is 25.4 Å². The van der Waals surface area contributed by atoms with Crippen LogP contribution in [0.15, 0.2) is 42.6 Å². The van der Waals surface area contributed by atoms with Crippen molar-refractivity contribution in [2.24, 2.45) is 0 Å². The lowest BCUT2D eigenvalue weighted by molar-refractivity contribution is 0.133. The molecule has 0 aliphatic rings. The van der Waals surface area contributed by atoms with Gasteiger partial charge in [0, 0.05) is 12.6 Å². The van der Waals surface area contributed by atoms with Gasteiger partial charge in [-0.15, -0.1) is 0 Å². The third-order valence-corrected chi connectivity index (χ3v) is 2.98. The van der Waals surface area contributed by atoms with E-state index in [-0.39, 0.29) is 0 Å². The smallest absolute Gasteiger partial charge is 0.143 e. The highest BCUT2D eigenvalue weighted by Gasteiger charge is 2.14. The van der Waals surface area contributed by atoms with Gasteiger partial charge in [-0.2, -0.15) is 0 Å². The first-order valence-corrected chi connectivity index (χ1v) is 6.57. The predicted octanol–water partition coefficient (Wildman–Crippen LogP) is 2.90. The molecule has 1 atom stereocenters. The Morgan fingerprint density at radius 2 is 2.10 bits per heavy atom. The van der Waals surface area contributed by atoms with Gasteiger partial charge in [-0.05, 0) is 36.8 Å². The van der Waals surface area contributed by atoms with Crippen LogP contribution in [0, 0.1) is 6.92 Å². The summed E-state index contributed by atoms with van der Waals surface area (Å²) in [6.45, 7) is 2.44. The number of ether oxygens (including phenoxy) is 2. The van der Waals surface area contributed by atoms with Gasteiger partial charge in [0.05, 0.1) is 13.7 Å². The molecule has 0 spiro atoms. The Morgan fingerprint density at radius 1 is 1.25 bits per heavy atom. The summed E-state index contributed by atoms with van der Waals surface area (Å²) in [4.78, 5) is 4.16. The molecule has 0 aliphatic carbocycles. The van der Waals surface area contributed by atoms with E-state index >= 15 is 0 Å². The molecule has 4 nitrogen and oxygen atoms in total. The minimum Gasteiger partial charge on any atom is -0.495 e. The predicted molar refractivity (Wildman–Crippen MR) is 77.0 cm³/mol. The van der Waals surface area contributed by atoms with Gasteiger partial charge in [-0.25, -0.2) is 0 Å². The molecule has 2 rings (SSSR count). The minimum absolute atomic E-state index is 0.421. The van der Waals surface area contributed by atoms with Gasteiger partial charge in [-0.1, -0.05) is 12.1 Å². The number of hydrogen-bond acceptors (Lipinski definition) is 4. The minimum atomic E-state index is -0.698. The van der Waals surface area contributed by atoms with Crippen molar-refractivity contribution in [3.63, 3.8) is 0 Å². The molecule has 0 radical (unpaired) electrons. The fraction of sp³-hybridized carbons (Fsp3) is 0.312. The molecule has 1 heterocycles. The topological polar surface area (TPSA) is 51.6 Å². The van der Waals surface area contributed by atoms with Crippen molar-refractivity contribution < 1.29 is 14.6 Å². The van der Waals surface area contributed by atoms with Crippen LogP contribution in [-0.2, 0) is 0 Å². The molecule has 20 heavy (non-hydrogen) atoms. The molecule has 1 unspecified atom stereocenters. The second-order valence-electron chi connectivity index (χ2n) is 4.56. The molecule has 0 amide bonds. The van der Waals surface area contributed by atoms with Gasteiger partial charge in [0.2, 0.25) is 0 Å². The number of aromatic nitrogens is 1. The first kappa shape index (κ1) is 14.3. The van der Waals surface area contributed by atoms with E-state index in [0.717, 1.165) is 11.3 Å². The molecule has 0 saturated heterocycles. The Morgan fingerprint density at radius 3 is 2.85 bits per heavy atom. The molecule has 1 aromatic heterocycles. The number of rotatable bonds is 6. The second-order valence-corrected chi connectivity index (χ2v) is 4.56. The van der Waals surface area contributed by atoms with Crippen LogP contribution in [0.1, 0.15) is 23.8 Å². The van der Waals surface area contributed by atoms with Gasteiger partial charge in [0.15, 0.2) is 0 Å². The Bertz CT molecular complexity index is 557. The highest BCUT2D eigenvalue weighted by molar-refractivity contribution is 5.29. The van der Waals surface area contributed by atoms with Crippen LogP contribution < -0.4 is 9.47 Å². The fourth-order valence-electron chi connectivity index (χ4n) is 1.96. The molecule has 1 aromatic carbocycles. The lowest BCUT2D eigenvalue weighted by Gasteiger charge is -2.14. The molecule has 0 saturated carbocycles. The number of hydrogen-bond donors (Lipinski definition) is 1. The van der Waals surface area contributed by atoms with E-state index in [1.807, 2.05) is 31.2 Å². The first-order chi connectivity index (χ1) is 9.70. The van der Waals surface area contributed by atoms with Crippen LogP contribution in [0.3, 0.4) is 0 Å². The Kier molecular flexibility index (Phi) is 4.96. The number of pyridine rings is 1. The molecule has 1 N–H and O–H groups in total. The quantitative estimate of drug-likeness (QED) is 0.879. The Balaban J connectivity index is 1.90. The van der Waals surface area contributed by atoms with E-state index in [9.17, 15) is 5.11 Å². The lowest BCUT2D eigenvalue weighted by atomic mass is 10.1. The molecule has 2 aromatic rings.